The van der Waals surface area contributed by atoms with Crippen molar-refractivity contribution < 1.29 is 19.1 Å². The van der Waals surface area contributed by atoms with Crippen LogP contribution in [0.15, 0.2) is 348 Å². The maximum absolute atomic E-state index is 12.9. The summed E-state index contributed by atoms with van der Waals surface area (Å²) >= 11 is 0. The van der Waals surface area contributed by atoms with Gasteiger partial charge in [-0.25, -0.2) is 9.59 Å². The van der Waals surface area contributed by atoms with Crippen molar-refractivity contribution in [3.05, 3.63) is 372 Å². The van der Waals surface area contributed by atoms with Crippen molar-refractivity contribution in [2.75, 3.05) is 0 Å². The van der Waals surface area contributed by atoms with Gasteiger partial charge in [0.15, 0.2) is 0 Å². The summed E-state index contributed by atoms with van der Waals surface area (Å²) in [5, 5.41) is 50.3. The van der Waals surface area contributed by atoms with E-state index in [1.807, 2.05) is 164 Å². The molecule has 2 aliphatic heterocycles. The second-order valence-corrected chi connectivity index (χ2v) is 30.9. The number of hydrogen-bond donors (Lipinski definition) is 2. The number of hydrogen-bond acceptors (Lipinski definition) is 14. The molecular formula is C105H110N12O4. The predicted octanol–water partition coefficient (Wildman–Crippen LogP) is 24.3. The molecule has 5 atom stereocenters. The Morgan fingerprint density at radius 1 is 0.331 bits per heavy atom. The van der Waals surface area contributed by atoms with Crippen LogP contribution in [0.3, 0.4) is 0 Å². The second kappa shape index (κ2) is 46.3. The highest BCUT2D eigenvalue weighted by atomic mass is 16.6. The maximum atomic E-state index is 12.9. The van der Waals surface area contributed by atoms with E-state index < -0.39 is 0 Å². The van der Waals surface area contributed by atoms with Crippen molar-refractivity contribution in [1.29, 1.82) is 0 Å². The molecule has 0 saturated heterocycles. The zero-order valence-electron chi connectivity index (χ0n) is 68.4. The molecule has 12 aromatic rings. The third-order valence-corrected chi connectivity index (χ3v) is 22.5. The zero-order chi connectivity index (χ0) is 81.8. The first-order chi connectivity index (χ1) is 59.4. The molecule has 5 unspecified atom stereocenters. The molecule has 6 aliphatic rings. The SMILES string of the molecule is C.C1=C2C(c3ccccc3)=NN=C(c3ccccc3)C2CCCCC1.O=C(NCc1ccccc1)OC1/C=C/CCCCC1.O=C(NCc1ccccc1)OC1CCCCCC2C(c3ccccc3)=NN=C(c3ccccc3)C12.c1ccc(-c2nnc(-c3ccccc3)c3c2CCCCCC3)cc1.c1ccc(-c2nnc(-c3ccccc3)nn2)cc1. The number of aromatic nitrogens is 6. The average molecular weight is 1600 g/mol. The minimum atomic E-state index is -0.380. The molecule has 1 saturated carbocycles. The van der Waals surface area contributed by atoms with Crippen LogP contribution in [-0.2, 0) is 35.4 Å². The molecule has 4 heterocycles. The Bertz CT molecular complexity index is 5210. The lowest BCUT2D eigenvalue weighted by atomic mass is 9.71. The number of benzene rings is 10. The Kier molecular flexibility index (Phi) is 32.8. The van der Waals surface area contributed by atoms with Crippen LogP contribution in [0.5, 0.6) is 0 Å². The van der Waals surface area contributed by atoms with Gasteiger partial charge in [0.2, 0.25) is 11.6 Å². The summed E-state index contributed by atoms with van der Waals surface area (Å²) < 4.78 is 11.6. The molecule has 16 nitrogen and oxygen atoms in total. The Balaban J connectivity index is 0.000000133. The lowest BCUT2D eigenvalue weighted by Gasteiger charge is -2.38. The number of carbonyl (C=O) groups excluding carboxylic acids is 2. The number of allylic oxidation sites excluding steroid dienone is 3. The zero-order valence-corrected chi connectivity index (χ0v) is 68.4. The van der Waals surface area contributed by atoms with Gasteiger partial charge in [0.25, 0.3) is 0 Å². The molecule has 16 heteroatoms. The average Bonchev–Trinajstić information content (AvgIpc) is 0.776. The standard InChI is InChI=1S/C30H31N3O2.2C22H22N2.C16H21NO2.C14H10N4.CH4/c34-30(31-21-22-13-5-1-6-14-22)35-26-20-12-4-11-19-25-27(26)29(24-17-9-3-10-18-24)33-32-28(25)23-15-7-2-8-16-23;2*1-2-10-16-20-19(15-9-1)21(17-11-5-3-6-12-17)23-24-22(20)18-13-7-4-8-14-18;18-16(17-13-14-9-5-4-6-10-14)19-15-11-7-2-1-3-8-12-15;1-3-7-11(8-4-1)13-15-17-14(18-16-13)12-9-5-2-6-10-12;/h1-3,5-10,13-18,25-27H,4,11-12,19-21H2,(H,31,34);3-8,11-14H,1-2,9-10,15-16H2;3-8,11-15,20H,1-2,9-10,16H2;4-7,9-11,15H,1-3,8,12-13H2,(H,17,18);1-10H;1H4/b;;;11-7+;;. The number of nitrogens with zero attached hydrogens (tertiary/aromatic N) is 10. The molecular weight excluding hydrogens is 1490 g/mol. The van der Waals surface area contributed by atoms with E-state index in [1.165, 1.54) is 96.7 Å². The van der Waals surface area contributed by atoms with Gasteiger partial charge in [-0.15, -0.1) is 35.7 Å². The highest BCUT2D eigenvalue weighted by molar-refractivity contribution is 6.20. The molecule has 2 N–H and O–H groups in total. The van der Waals surface area contributed by atoms with E-state index in [9.17, 15) is 9.59 Å². The van der Waals surface area contributed by atoms with Crippen molar-refractivity contribution in [3.63, 3.8) is 0 Å². The molecule has 614 valence electrons. The van der Waals surface area contributed by atoms with Crippen LogP contribution >= 0.6 is 0 Å². The van der Waals surface area contributed by atoms with Crippen molar-refractivity contribution in [1.82, 2.24) is 41.2 Å². The van der Waals surface area contributed by atoms with Crippen molar-refractivity contribution in [3.8, 4) is 45.3 Å². The normalized spacial score (nSPS) is 18.2. The number of nitrogens with one attached hydrogen (secondary N) is 2. The number of fused-ring (bicyclic) bond motifs is 3. The van der Waals surface area contributed by atoms with Crippen LogP contribution in [0.1, 0.15) is 174 Å². The first-order valence-corrected chi connectivity index (χ1v) is 43.0. The Morgan fingerprint density at radius 2 is 0.702 bits per heavy atom. The first kappa shape index (κ1) is 85.8. The third kappa shape index (κ3) is 24.8. The number of alkyl carbamates (subject to hydrolysis) is 2. The Labute approximate surface area is 713 Å². The fraction of sp³-hybridized carbons (Fsp3) is 0.276. The molecule has 2 amide bonds. The van der Waals surface area contributed by atoms with Crippen LogP contribution in [0.2, 0.25) is 0 Å². The third-order valence-electron chi connectivity index (χ3n) is 22.5. The minimum Gasteiger partial charge on any atom is -0.446 e. The quantitative estimate of drug-likeness (QED) is 0.0986. The summed E-state index contributed by atoms with van der Waals surface area (Å²) in [5.41, 5.74) is 21.3. The van der Waals surface area contributed by atoms with E-state index >= 15 is 0 Å². The van der Waals surface area contributed by atoms with Crippen LogP contribution < -0.4 is 10.6 Å². The maximum Gasteiger partial charge on any atom is 0.407 e. The lowest BCUT2D eigenvalue weighted by Crippen LogP contribution is -2.45. The number of carbonyl (C=O) groups is 2. The van der Waals surface area contributed by atoms with E-state index in [2.05, 4.69) is 209 Å². The summed E-state index contributed by atoms with van der Waals surface area (Å²) in [6.07, 6.45) is 29.6. The lowest BCUT2D eigenvalue weighted by molar-refractivity contribution is 0.0577. The van der Waals surface area contributed by atoms with Gasteiger partial charge in [0.05, 0.1) is 34.2 Å². The van der Waals surface area contributed by atoms with Gasteiger partial charge in [-0.3, -0.25) is 0 Å². The molecule has 0 spiro atoms. The molecule has 2 aromatic heterocycles. The van der Waals surface area contributed by atoms with Gasteiger partial charge in [-0.2, -0.15) is 15.3 Å². The van der Waals surface area contributed by atoms with E-state index in [0.717, 1.165) is 145 Å². The molecule has 0 radical (unpaired) electrons. The topological polar surface area (TPSA) is 203 Å². The van der Waals surface area contributed by atoms with Crippen molar-refractivity contribution in [2.45, 2.75) is 168 Å². The molecule has 0 bridgehead atoms. The summed E-state index contributed by atoms with van der Waals surface area (Å²) in [6.45, 7) is 0.951. The Hall–Kier alpha value is -13.1. The monoisotopic (exact) mass is 1600 g/mol. The fourth-order valence-electron chi connectivity index (χ4n) is 16.4. The van der Waals surface area contributed by atoms with Crippen LogP contribution in [0.25, 0.3) is 45.3 Å². The van der Waals surface area contributed by atoms with Gasteiger partial charge in [-0.1, -0.05) is 368 Å². The molecule has 18 rings (SSSR count). The fourth-order valence-corrected chi connectivity index (χ4v) is 16.4. The van der Waals surface area contributed by atoms with Gasteiger partial charge in [0, 0.05) is 58.7 Å². The first-order valence-electron chi connectivity index (χ1n) is 43.0. The van der Waals surface area contributed by atoms with Crippen molar-refractivity contribution >= 4 is 35.0 Å². The predicted molar refractivity (Wildman–Crippen MR) is 490 cm³/mol. The number of amides is 2. The summed E-state index contributed by atoms with van der Waals surface area (Å²) in [7, 11) is 0. The molecule has 121 heavy (non-hydrogen) atoms. The summed E-state index contributed by atoms with van der Waals surface area (Å²) in [6, 6.07) is 102. The molecule has 10 aromatic carbocycles. The number of rotatable bonds is 14. The summed E-state index contributed by atoms with van der Waals surface area (Å²) in [4.78, 5) is 24.7. The minimum absolute atomic E-state index is 0. The van der Waals surface area contributed by atoms with E-state index in [0.29, 0.717) is 30.7 Å². The van der Waals surface area contributed by atoms with Crippen LogP contribution in [0, 0.1) is 17.8 Å². The van der Waals surface area contributed by atoms with Gasteiger partial charge < -0.3 is 20.1 Å². The van der Waals surface area contributed by atoms with Crippen molar-refractivity contribution in [2.24, 2.45) is 38.2 Å². The highest BCUT2D eigenvalue weighted by Crippen LogP contribution is 2.40. The Morgan fingerprint density at radius 3 is 1.20 bits per heavy atom. The van der Waals surface area contributed by atoms with Gasteiger partial charge in [-0.05, 0) is 140 Å². The largest absolute Gasteiger partial charge is 0.446 e. The smallest absolute Gasteiger partial charge is 0.407 e. The van der Waals surface area contributed by atoms with Gasteiger partial charge >= 0.3 is 12.2 Å². The van der Waals surface area contributed by atoms with E-state index in [-0.39, 0.29) is 43.7 Å². The number of ether oxygens (including phenoxy) is 2. The van der Waals surface area contributed by atoms with Crippen LogP contribution in [-0.4, -0.2) is 77.8 Å². The second-order valence-electron chi connectivity index (χ2n) is 30.9. The molecule has 1 fully saturated rings. The van der Waals surface area contributed by atoms with Crippen LogP contribution in [0.4, 0.5) is 9.59 Å². The van der Waals surface area contributed by atoms with E-state index in [1.54, 1.807) is 0 Å². The molecule has 4 aliphatic carbocycles. The highest BCUT2D eigenvalue weighted by Gasteiger charge is 2.42. The van der Waals surface area contributed by atoms with E-state index in [4.69, 9.17) is 19.7 Å². The summed E-state index contributed by atoms with van der Waals surface area (Å²) in [5.74, 6) is 1.52. The van der Waals surface area contributed by atoms with Gasteiger partial charge in [0.1, 0.15) is 12.2 Å².